The summed E-state index contributed by atoms with van der Waals surface area (Å²) < 4.78 is 38.5. The summed E-state index contributed by atoms with van der Waals surface area (Å²) in [5, 5.41) is 2.77. The summed E-state index contributed by atoms with van der Waals surface area (Å²) in [5.74, 6) is -0.117. The molecule has 1 unspecified atom stereocenters. The van der Waals surface area contributed by atoms with Gasteiger partial charge in [0.05, 0.1) is 5.56 Å². The molecule has 168 valence electrons. The van der Waals surface area contributed by atoms with E-state index in [0.29, 0.717) is 19.4 Å². The Morgan fingerprint density at radius 1 is 0.938 bits per heavy atom. The summed E-state index contributed by atoms with van der Waals surface area (Å²) in [6, 6.07) is 22.2. The molecule has 0 saturated carbocycles. The number of para-hydroxylation sites is 1. The van der Waals surface area contributed by atoms with Gasteiger partial charge in [-0.3, -0.25) is 4.79 Å². The number of carbonyl (C=O) groups is 1. The first-order valence-electron chi connectivity index (χ1n) is 10.6. The number of carbonyl (C=O) groups excluding carboxylic acids is 1. The van der Waals surface area contributed by atoms with Crippen LogP contribution >= 0.6 is 0 Å². The summed E-state index contributed by atoms with van der Waals surface area (Å²) in [6.45, 7) is 2.57. The van der Waals surface area contributed by atoms with Gasteiger partial charge in [-0.1, -0.05) is 60.7 Å². The highest BCUT2D eigenvalue weighted by Gasteiger charge is 2.30. The third-order valence-electron chi connectivity index (χ3n) is 5.49. The molecule has 0 radical (unpaired) electrons. The second kappa shape index (κ2) is 10.4. The lowest BCUT2D eigenvalue weighted by Gasteiger charge is -2.34. The summed E-state index contributed by atoms with van der Waals surface area (Å²) in [6.07, 6.45) is -3.05. The van der Waals surface area contributed by atoms with Crippen molar-refractivity contribution >= 4 is 11.6 Å². The largest absolute Gasteiger partial charge is 0.416 e. The quantitative estimate of drug-likeness (QED) is 0.470. The van der Waals surface area contributed by atoms with Gasteiger partial charge in [0.1, 0.15) is 6.04 Å². The third-order valence-corrected chi connectivity index (χ3v) is 5.49. The van der Waals surface area contributed by atoms with Crippen LogP contribution in [-0.4, -0.2) is 19.5 Å². The fraction of sp³-hybridized carbons (Fsp3) is 0.269. The van der Waals surface area contributed by atoms with Crippen molar-refractivity contribution in [3.05, 3.63) is 101 Å². The smallest absolute Gasteiger partial charge is 0.357 e. The molecule has 1 N–H and O–H groups in total. The molecule has 3 nitrogen and oxygen atoms in total. The van der Waals surface area contributed by atoms with E-state index in [1.165, 1.54) is 12.1 Å². The van der Waals surface area contributed by atoms with E-state index in [4.69, 9.17) is 0 Å². The molecule has 32 heavy (non-hydrogen) atoms. The zero-order chi connectivity index (χ0) is 23.1. The summed E-state index contributed by atoms with van der Waals surface area (Å²) in [7, 11) is 1.62. The predicted octanol–water partition coefficient (Wildman–Crippen LogP) is 5.94. The monoisotopic (exact) mass is 440 g/mol. The van der Waals surface area contributed by atoms with Gasteiger partial charge in [-0.2, -0.15) is 13.2 Å². The number of hydrogen-bond acceptors (Lipinski definition) is 2. The van der Waals surface area contributed by atoms with Crippen LogP contribution in [0.2, 0.25) is 0 Å². The number of halogens is 3. The average Bonchev–Trinajstić information content (AvgIpc) is 2.79. The van der Waals surface area contributed by atoms with E-state index < -0.39 is 17.8 Å². The van der Waals surface area contributed by atoms with Crippen molar-refractivity contribution in [2.75, 3.05) is 18.5 Å². The van der Waals surface area contributed by atoms with Gasteiger partial charge in [0.2, 0.25) is 5.91 Å². The highest BCUT2D eigenvalue weighted by atomic mass is 19.4. The van der Waals surface area contributed by atoms with Crippen molar-refractivity contribution < 1.29 is 18.0 Å². The van der Waals surface area contributed by atoms with Crippen molar-refractivity contribution in [3.8, 4) is 0 Å². The lowest BCUT2D eigenvalue weighted by atomic mass is 10.0. The highest BCUT2D eigenvalue weighted by Crippen LogP contribution is 2.31. The van der Waals surface area contributed by atoms with Gasteiger partial charge in [0.25, 0.3) is 0 Å². The first-order chi connectivity index (χ1) is 15.3. The number of aryl methyl sites for hydroxylation is 2. The van der Waals surface area contributed by atoms with Crippen molar-refractivity contribution in [3.63, 3.8) is 0 Å². The molecular weight excluding hydrogens is 413 g/mol. The number of alkyl halides is 3. The third kappa shape index (κ3) is 5.69. The van der Waals surface area contributed by atoms with Crippen LogP contribution in [0.25, 0.3) is 0 Å². The standard InChI is InChI=1S/C26H27F3N2O/c1-19-9-6-7-13-23(19)31(24(25(32)30-2)21-11-4-3-5-12-21)18-8-10-20-14-16-22(17-15-20)26(27,28)29/h3-7,9,11-17,24H,8,10,18H2,1-2H3,(H,30,32). The molecule has 0 saturated heterocycles. The summed E-state index contributed by atoms with van der Waals surface area (Å²) in [5.41, 5.74) is 3.07. The van der Waals surface area contributed by atoms with E-state index in [1.54, 1.807) is 7.05 Å². The fourth-order valence-corrected chi connectivity index (χ4v) is 3.83. The number of likely N-dealkylation sites (N-methyl/N-ethyl adjacent to an activating group) is 1. The number of amides is 1. The minimum atomic E-state index is -4.34. The van der Waals surface area contributed by atoms with E-state index >= 15 is 0 Å². The lowest BCUT2D eigenvalue weighted by Crippen LogP contribution is -2.40. The number of rotatable bonds is 8. The maximum Gasteiger partial charge on any atom is 0.416 e. The van der Waals surface area contributed by atoms with Crippen LogP contribution in [-0.2, 0) is 17.4 Å². The van der Waals surface area contributed by atoms with Gasteiger partial charge < -0.3 is 10.2 Å². The normalized spacial score (nSPS) is 12.3. The Morgan fingerprint density at radius 3 is 2.16 bits per heavy atom. The fourth-order valence-electron chi connectivity index (χ4n) is 3.83. The number of nitrogens with one attached hydrogen (secondary N) is 1. The van der Waals surface area contributed by atoms with Crippen LogP contribution in [0.5, 0.6) is 0 Å². The molecule has 0 aliphatic rings. The van der Waals surface area contributed by atoms with Gasteiger partial charge in [-0.05, 0) is 54.7 Å². The maximum atomic E-state index is 12.9. The van der Waals surface area contributed by atoms with Crippen molar-refractivity contribution in [2.24, 2.45) is 0 Å². The van der Waals surface area contributed by atoms with Gasteiger partial charge in [0.15, 0.2) is 0 Å². The Balaban J connectivity index is 1.85. The Kier molecular flexibility index (Phi) is 7.57. The van der Waals surface area contributed by atoms with Crippen molar-refractivity contribution in [1.82, 2.24) is 5.32 Å². The highest BCUT2D eigenvalue weighted by molar-refractivity contribution is 5.86. The molecule has 0 aliphatic carbocycles. The molecule has 0 fully saturated rings. The SMILES string of the molecule is CNC(=O)C(c1ccccc1)N(CCCc1ccc(C(F)(F)F)cc1)c1ccccc1C. The van der Waals surface area contributed by atoms with Crippen LogP contribution in [0.1, 0.15) is 34.7 Å². The molecular formula is C26H27F3N2O. The molecule has 3 aromatic carbocycles. The molecule has 0 aromatic heterocycles. The second-order valence-electron chi connectivity index (χ2n) is 7.71. The zero-order valence-corrected chi connectivity index (χ0v) is 18.2. The van der Waals surface area contributed by atoms with Gasteiger partial charge in [-0.25, -0.2) is 0 Å². The Hall–Kier alpha value is -3.28. The van der Waals surface area contributed by atoms with Crippen LogP contribution in [0, 0.1) is 6.92 Å². The molecule has 0 bridgehead atoms. The van der Waals surface area contributed by atoms with E-state index in [-0.39, 0.29) is 5.91 Å². The Labute approximate surface area is 186 Å². The van der Waals surface area contributed by atoms with Crippen molar-refractivity contribution in [1.29, 1.82) is 0 Å². The van der Waals surface area contributed by atoms with Crippen LogP contribution in [0.4, 0.5) is 18.9 Å². The van der Waals surface area contributed by atoms with Crippen molar-refractivity contribution in [2.45, 2.75) is 32.0 Å². The second-order valence-corrected chi connectivity index (χ2v) is 7.71. The summed E-state index contributed by atoms with van der Waals surface area (Å²) >= 11 is 0. The molecule has 6 heteroatoms. The van der Waals surface area contributed by atoms with Crippen LogP contribution in [0.15, 0.2) is 78.9 Å². The number of benzene rings is 3. The van der Waals surface area contributed by atoms with Gasteiger partial charge in [-0.15, -0.1) is 0 Å². The van der Waals surface area contributed by atoms with Gasteiger partial charge in [0, 0.05) is 19.3 Å². The van der Waals surface area contributed by atoms with Crippen LogP contribution in [0.3, 0.4) is 0 Å². The van der Waals surface area contributed by atoms with E-state index in [9.17, 15) is 18.0 Å². The Morgan fingerprint density at radius 2 is 1.56 bits per heavy atom. The molecule has 0 spiro atoms. The van der Waals surface area contributed by atoms with E-state index in [1.807, 2.05) is 61.5 Å². The van der Waals surface area contributed by atoms with Gasteiger partial charge >= 0.3 is 6.18 Å². The lowest BCUT2D eigenvalue weighted by molar-refractivity contribution is -0.137. The number of anilines is 1. The number of hydrogen-bond donors (Lipinski definition) is 1. The maximum absolute atomic E-state index is 12.9. The molecule has 3 rings (SSSR count). The van der Waals surface area contributed by atoms with Crippen LogP contribution < -0.4 is 10.2 Å². The minimum Gasteiger partial charge on any atom is -0.357 e. The summed E-state index contributed by atoms with van der Waals surface area (Å²) in [4.78, 5) is 15.0. The number of nitrogens with zero attached hydrogens (tertiary/aromatic N) is 1. The topological polar surface area (TPSA) is 32.3 Å². The minimum absolute atomic E-state index is 0.117. The predicted molar refractivity (Wildman–Crippen MR) is 122 cm³/mol. The van der Waals surface area contributed by atoms with E-state index in [2.05, 4.69) is 10.2 Å². The molecule has 0 aliphatic heterocycles. The molecule has 1 atom stereocenters. The van der Waals surface area contributed by atoms with E-state index in [0.717, 1.165) is 34.5 Å². The zero-order valence-electron chi connectivity index (χ0n) is 18.2. The first kappa shape index (κ1) is 23.4. The average molecular weight is 441 g/mol. The molecule has 1 amide bonds. The molecule has 0 heterocycles. The Bertz CT molecular complexity index is 1020. The molecule has 3 aromatic rings. The first-order valence-corrected chi connectivity index (χ1v) is 10.6.